The molecule has 1 aliphatic rings. The lowest BCUT2D eigenvalue weighted by molar-refractivity contribution is -0.120. The van der Waals surface area contributed by atoms with E-state index in [1.807, 2.05) is 25.1 Å². The van der Waals surface area contributed by atoms with Crippen molar-refractivity contribution < 1.29 is 23.8 Å². The van der Waals surface area contributed by atoms with Crippen molar-refractivity contribution in [2.75, 3.05) is 19.9 Å². The quantitative estimate of drug-likeness (QED) is 0.501. The molecule has 9 heteroatoms. The van der Waals surface area contributed by atoms with Crippen LogP contribution in [0.25, 0.3) is 0 Å². The topological polar surface area (TPSA) is 98.2 Å². The predicted octanol–water partition coefficient (Wildman–Crippen LogP) is 2.46. The van der Waals surface area contributed by atoms with Crippen LogP contribution in [-0.2, 0) is 4.79 Å². The number of hydrogen-bond donors (Lipinski definition) is 2. The van der Waals surface area contributed by atoms with Gasteiger partial charge in [0.1, 0.15) is 5.75 Å². The van der Waals surface area contributed by atoms with Crippen molar-refractivity contribution in [1.29, 1.82) is 0 Å². The van der Waals surface area contributed by atoms with Gasteiger partial charge < -0.3 is 19.5 Å². The molecular weight excluding hydrogens is 430 g/mol. The summed E-state index contributed by atoms with van der Waals surface area (Å²) in [4.78, 5) is 24.0. The standard InChI is InChI=1S/C19H18BrN3O5/c1-2-26-15-5-3-12(7-14(15)20)9-22-23-18(24)10-21-19(25)13-4-6-16-17(8-13)28-11-27-16/h3-9H,2,10-11H2,1H3,(H,21,25)(H,23,24). The van der Waals surface area contributed by atoms with Crippen LogP contribution in [0.4, 0.5) is 0 Å². The number of amides is 2. The molecule has 0 bridgehead atoms. The van der Waals surface area contributed by atoms with Crippen LogP contribution < -0.4 is 25.0 Å². The van der Waals surface area contributed by atoms with E-state index in [4.69, 9.17) is 14.2 Å². The van der Waals surface area contributed by atoms with Gasteiger partial charge >= 0.3 is 0 Å². The third-order valence-corrected chi connectivity index (χ3v) is 4.32. The van der Waals surface area contributed by atoms with Crippen LogP contribution in [-0.4, -0.2) is 38.0 Å². The average molecular weight is 448 g/mol. The fourth-order valence-electron chi connectivity index (χ4n) is 2.39. The maximum Gasteiger partial charge on any atom is 0.259 e. The van der Waals surface area contributed by atoms with Crippen LogP contribution in [0.2, 0.25) is 0 Å². The second kappa shape index (κ2) is 9.23. The maximum atomic E-state index is 12.1. The molecule has 146 valence electrons. The highest BCUT2D eigenvalue weighted by atomic mass is 79.9. The lowest BCUT2D eigenvalue weighted by atomic mass is 10.2. The van der Waals surface area contributed by atoms with Crippen LogP contribution in [0.1, 0.15) is 22.8 Å². The summed E-state index contributed by atoms with van der Waals surface area (Å²) in [5.41, 5.74) is 3.52. The highest BCUT2D eigenvalue weighted by Crippen LogP contribution is 2.32. The highest BCUT2D eigenvalue weighted by Gasteiger charge is 2.16. The second-order valence-electron chi connectivity index (χ2n) is 5.67. The Morgan fingerprint density at radius 1 is 1.21 bits per heavy atom. The number of hydrogen-bond acceptors (Lipinski definition) is 6. The predicted molar refractivity (Wildman–Crippen MR) is 106 cm³/mol. The number of nitrogens with zero attached hydrogens (tertiary/aromatic N) is 1. The largest absolute Gasteiger partial charge is 0.493 e. The van der Waals surface area contributed by atoms with Gasteiger partial charge in [-0.1, -0.05) is 0 Å². The van der Waals surface area contributed by atoms with Gasteiger partial charge in [0.25, 0.3) is 11.8 Å². The molecule has 0 radical (unpaired) electrons. The second-order valence-corrected chi connectivity index (χ2v) is 6.52. The molecule has 28 heavy (non-hydrogen) atoms. The van der Waals surface area contributed by atoms with E-state index in [0.29, 0.717) is 23.7 Å². The lowest BCUT2D eigenvalue weighted by Gasteiger charge is -2.06. The number of fused-ring (bicyclic) bond motifs is 1. The molecule has 0 fully saturated rings. The number of nitrogens with one attached hydrogen (secondary N) is 2. The van der Waals surface area contributed by atoms with Crippen LogP contribution in [0.15, 0.2) is 46.0 Å². The minimum Gasteiger partial charge on any atom is -0.493 e. The van der Waals surface area contributed by atoms with E-state index in [1.165, 1.54) is 6.21 Å². The fourth-order valence-corrected chi connectivity index (χ4v) is 2.90. The average Bonchev–Trinajstić information content (AvgIpc) is 3.16. The molecular formula is C19H18BrN3O5. The molecule has 3 rings (SSSR count). The third kappa shape index (κ3) is 5.01. The van der Waals surface area contributed by atoms with Crippen LogP contribution in [0.5, 0.6) is 17.2 Å². The number of carbonyl (C=O) groups is 2. The van der Waals surface area contributed by atoms with E-state index in [0.717, 1.165) is 15.8 Å². The molecule has 2 aromatic rings. The number of benzene rings is 2. The van der Waals surface area contributed by atoms with Gasteiger partial charge in [-0.15, -0.1) is 0 Å². The highest BCUT2D eigenvalue weighted by molar-refractivity contribution is 9.10. The van der Waals surface area contributed by atoms with Gasteiger partial charge in [-0.2, -0.15) is 5.10 Å². The van der Waals surface area contributed by atoms with Crippen LogP contribution >= 0.6 is 15.9 Å². The Hall–Kier alpha value is -3.07. The molecule has 0 saturated carbocycles. The minimum absolute atomic E-state index is 0.131. The summed E-state index contributed by atoms with van der Waals surface area (Å²) in [7, 11) is 0. The molecule has 8 nitrogen and oxygen atoms in total. The first kappa shape index (κ1) is 19.7. The Bertz CT molecular complexity index is 916. The van der Waals surface area contributed by atoms with Gasteiger partial charge in [-0.3, -0.25) is 9.59 Å². The van der Waals surface area contributed by atoms with Crippen molar-refractivity contribution in [3.8, 4) is 17.2 Å². The first-order chi connectivity index (χ1) is 13.6. The Morgan fingerprint density at radius 2 is 2.04 bits per heavy atom. The molecule has 0 spiro atoms. The van der Waals surface area contributed by atoms with Crippen LogP contribution in [0, 0.1) is 0 Å². The zero-order chi connectivity index (χ0) is 19.9. The first-order valence-electron chi connectivity index (χ1n) is 8.49. The molecule has 2 N–H and O–H groups in total. The van der Waals surface area contributed by atoms with Crippen LogP contribution in [0.3, 0.4) is 0 Å². The van der Waals surface area contributed by atoms with Crippen molar-refractivity contribution in [3.05, 3.63) is 52.0 Å². The Balaban J connectivity index is 1.47. The van der Waals surface area contributed by atoms with Crippen molar-refractivity contribution in [2.45, 2.75) is 6.92 Å². The molecule has 2 amide bonds. The molecule has 0 aromatic heterocycles. The van der Waals surface area contributed by atoms with Gasteiger partial charge in [0, 0.05) is 5.56 Å². The van der Waals surface area contributed by atoms with Gasteiger partial charge in [0.05, 0.1) is 23.8 Å². The Labute approximate surface area is 170 Å². The summed E-state index contributed by atoms with van der Waals surface area (Å²) < 4.78 is 16.6. The fraction of sp³-hybridized carbons (Fsp3) is 0.211. The summed E-state index contributed by atoms with van der Waals surface area (Å²) in [5.74, 6) is 0.978. The van der Waals surface area contributed by atoms with Crippen molar-refractivity contribution in [3.63, 3.8) is 0 Å². The maximum absolute atomic E-state index is 12.1. The number of carbonyl (C=O) groups excluding carboxylic acids is 2. The molecule has 1 heterocycles. The number of halogens is 1. The zero-order valence-corrected chi connectivity index (χ0v) is 16.6. The molecule has 1 aliphatic heterocycles. The van der Waals surface area contributed by atoms with Gasteiger partial charge in [0.15, 0.2) is 11.5 Å². The lowest BCUT2D eigenvalue weighted by Crippen LogP contribution is -2.34. The van der Waals surface area contributed by atoms with Gasteiger partial charge in [0.2, 0.25) is 6.79 Å². The van der Waals surface area contributed by atoms with E-state index < -0.39 is 11.8 Å². The molecule has 0 unspecified atom stereocenters. The Morgan fingerprint density at radius 3 is 2.82 bits per heavy atom. The summed E-state index contributed by atoms with van der Waals surface area (Å²) in [6.45, 7) is 2.39. The Kier molecular flexibility index (Phi) is 6.49. The molecule has 0 saturated heterocycles. The molecule has 0 atom stereocenters. The number of hydrazone groups is 1. The van der Waals surface area contributed by atoms with E-state index >= 15 is 0 Å². The van der Waals surface area contributed by atoms with Gasteiger partial charge in [-0.25, -0.2) is 5.43 Å². The third-order valence-electron chi connectivity index (χ3n) is 3.70. The monoisotopic (exact) mass is 447 g/mol. The minimum atomic E-state index is -0.449. The normalized spacial score (nSPS) is 12.1. The zero-order valence-electron chi connectivity index (χ0n) is 15.0. The van der Waals surface area contributed by atoms with Crippen molar-refractivity contribution in [1.82, 2.24) is 10.7 Å². The molecule has 0 aliphatic carbocycles. The van der Waals surface area contributed by atoms with E-state index in [-0.39, 0.29) is 13.3 Å². The van der Waals surface area contributed by atoms with Gasteiger partial charge in [-0.05, 0) is 64.8 Å². The number of ether oxygens (including phenoxy) is 3. The summed E-state index contributed by atoms with van der Waals surface area (Å²) in [5, 5.41) is 6.41. The summed E-state index contributed by atoms with van der Waals surface area (Å²) in [6.07, 6.45) is 1.50. The van der Waals surface area contributed by atoms with Crippen molar-refractivity contribution >= 4 is 34.0 Å². The number of rotatable bonds is 7. The summed E-state index contributed by atoms with van der Waals surface area (Å²) >= 11 is 3.41. The van der Waals surface area contributed by atoms with Crippen molar-refractivity contribution in [2.24, 2.45) is 5.10 Å². The van der Waals surface area contributed by atoms with E-state index in [9.17, 15) is 9.59 Å². The SMILES string of the molecule is CCOc1ccc(C=NNC(=O)CNC(=O)c2ccc3c(c2)OCO3)cc1Br. The van der Waals surface area contributed by atoms with E-state index in [2.05, 4.69) is 31.8 Å². The van der Waals surface area contributed by atoms with E-state index in [1.54, 1.807) is 18.2 Å². The smallest absolute Gasteiger partial charge is 0.259 e. The summed E-state index contributed by atoms with van der Waals surface area (Å²) in [6, 6.07) is 10.3. The first-order valence-corrected chi connectivity index (χ1v) is 9.28. The molecule has 2 aromatic carbocycles.